The van der Waals surface area contributed by atoms with Gasteiger partial charge in [0.2, 0.25) is 0 Å². The van der Waals surface area contributed by atoms with E-state index in [1.54, 1.807) is 0 Å². The third kappa shape index (κ3) is 3.44. The Labute approximate surface area is 149 Å². The second-order valence-electron chi connectivity index (χ2n) is 8.49. The molecule has 1 amide bonds. The van der Waals surface area contributed by atoms with Crippen molar-refractivity contribution in [2.45, 2.75) is 46.0 Å². The van der Waals surface area contributed by atoms with Gasteiger partial charge in [-0.2, -0.15) is 0 Å². The summed E-state index contributed by atoms with van der Waals surface area (Å²) in [5.41, 5.74) is 2.95. The van der Waals surface area contributed by atoms with Gasteiger partial charge in [0.1, 0.15) is 0 Å². The molecule has 1 aromatic carbocycles. The normalized spacial score (nSPS) is 32.5. The average Bonchev–Trinajstić information content (AvgIpc) is 2.50. The van der Waals surface area contributed by atoms with E-state index in [4.69, 9.17) is 4.74 Å². The number of esters is 1. The summed E-state index contributed by atoms with van der Waals surface area (Å²) in [4.78, 5) is 24.7. The predicted molar refractivity (Wildman–Crippen MR) is 96.0 cm³/mol. The molecule has 0 aliphatic heterocycles. The second-order valence-corrected chi connectivity index (χ2v) is 8.49. The van der Waals surface area contributed by atoms with Gasteiger partial charge in [-0.15, -0.1) is 0 Å². The molecule has 1 aromatic rings. The van der Waals surface area contributed by atoms with Crippen molar-refractivity contribution in [3.05, 3.63) is 29.3 Å². The van der Waals surface area contributed by atoms with E-state index >= 15 is 0 Å². The molecule has 25 heavy (non-hydrogen) atoms. The Morgan fingerprint density at radius 1 is 0.960 bits per heavy atom. The monoisotopic (exact) mass is 341 g/mol. The highest BCUT2D eigenvalue weighted by Crippen LogP contribution is 2.56. The van der Waals surface area contributed by atoms with Crippen LogP contribution in [-0.4, -0.2) is 18.5 Å². The number of hydrogen-bond acceptors (Lipinski definition) is 3. The topological polar surface area (TPSA) is 55.4 Å². The van der Waals surface area contributed by atoms with Gasteiger partial charge in [0, 0.05) is 5.69 Å². The minimum absolute atomic E-state index is 0.0295. The van der Waals surface area contributed by atoms with Gasteiger partial charge in [0.05, 0.1) is 5.92 Å². The third-order valence-electron chi connectivity index (χ3n) is 6.35. The number of aryl methyl sites for hydroxylation is 2. The number of carbonyl (C=O) groups excluding carboxylic acids is 2. The fourth-order valence-electron chi connectivity index (χ4n) is 5.79. The maximum absolute atomic E-state index is 12.6. The van der Waals surface area contributed by atoms with Gasteiger partial charge in [-0.1, -0.05) is 6.07 Å². The first-order valence-electron chi connectivity index (χ1n) is 9.52. The molecular weight excluding hydrogens is 314 g/mol. The molecule has 4 heteroatoms. The van der Waals surface area contributed by atoms with Crippen LogP contribution in [0.25, 0.3) is 0 Å². The zero-order valence-corrected chi connectivity index (χ0v) is 15.1. The Bertz CT molecular complexity index is 648. The van der Waals surface area contributed by atoms with Crippen LogP contribution in [0.2, 0.25) is 0 Å². The van der Waals surface area contributed by atoms with E-state index in [9.17, 15) is 9.59 Å². The standard InChI is InChI=1S/C21H27NO3/c1-12-3-13(2)5-18(4-12)22-19(23)11-25-21(24)20-16-7-14-6-15(9-16)10-17(20)8-14/h3-5,14-17,20H,6-11H2,1-2H3,(H,22,23). The largest absolute Gasteiger partial charge is 0.455 e. The highest BCUT2D eigenvalue weighted by atomic mass is 16.5. The molecule has 0 radical (unpaired) electrons. The summed E-state index contributed by atoms with van der Waals surface area (Å²) in [5, 5.41) is 2.83. The summed E-state index contributed by atoms with van der Waals surface area (Å²) in [6, 6.07) is 5.90. The molecular formula is C21H27NO3. The van der Waals surface area contributed by atoms with Gasteiger partial charge in [-0.25, -0.2) is 0 Å². The van der Waals surface area contributed by atoms with Gasteiger partial charge in [0.25, 0.3) is 5.91 Å². The molecule has 0 spiro atoms. The van der Waals surface area contributed by atoms with Crippen LogP contribution in [0, 0.1) is 43.4 Å². The lowest BCUT2D eigenvalue weighted by Gasteiger charge is -2.53. The van der Waals surface area contributed by atoms with E-state index < -0.39 is 0 Å². The molecule has 134 valence electrons. The zero-order chi connectivity index (χ0) is 17.6. The Hall–Kier alpha value is -1.84. The van der Waals surface area contributed by atoms with Crippen molar-refractivity contribution < 1.29 is 14.3 Å². The van der Waals surface area contributed by atoms with Crippen molar-refractivity contribution in [1.82, 2.24) is 0 Å². The second kappa shape index (κ2) is 6.47. The van der Waals surface area contributed by atoms with E-state index in [0.29, 0.717) is 11.8 Å². The molecule has 4 aliphatic rings. The average molecular weight is 341 g/mol. The van der Waals surface area contributed by atoms with Crippen molar-refractivity contribution in [3.63, 3.8) is 0 Å². The lowest BCUT2D eigenvalue weighted by Crippen LogP contribution is -2.48. The molecule has 4 aliphatic carbocycles. The lowest BCUT2D eigenvalue weighted by molar-refractivity contribution is -0.164. The smallest absolute Gasteiger partial charge is 0.310 e. The number of benzene rings is 1. The molecule has 0 unspecified atom stereocenters. The summed E-state index contributed by atoms with van der Waals surface area (Å²) in [6.45, 7) is 3.80. The Balaban J connectivity index is 1.32. The number of nitrogens with one attached hydrogen (secondary N) is 1. The van der Waals surface area contributed by atoms with Crippen molar-refractivity contribution in [2.75, 3.05) is 11.9 Å². The predicted octanol–water partition coefficient (Wildman–Crippen LogP) is 3.86. The molecule has 4 bridgehead atoms. The van der Waals surface area contributed by atoms with Crippen LogP contribution in [0.3, 0.4) is 0 Å². The van der Waals surface area contributed by atoms with Crippen molar-refractivity contribution >= 4 is 17.6 Å². The van der Waals surface area contributed by atoms with Gasteiger partial charge in [0.15, 0.2) is 6.61 Å². The fourth-order valence-corrected chi connectivity index (χ4v) is 5.79. The van der Waals surface area contributed by atoms with Gasteiger partial charge in [-0.3, -0.25) is 9.59 Å². The number of rotatable bonds is 4. The minimum atomic E-state index is -0.262. The molecule has 4 saturated carbocycles. The maximum atomic E-state index is 12.6. The Morgan fingerprint density at radius 2 is 1.52 bits per heavy atom. The molecule has 5 rings (SSSR count). The first kappa shape index (κ1) is 16.6. The number of hydrogen-bond donors (Lipinski definition) is 1. The van der Waals surface area contributed by atoms with E-state index in [0.717, 1.165) is 28.7 Å². The van der Waals surface area contributed by atoms with Crippen LogP contribution in [-0.2, 0) is 14.3 Å². The van der Waals surface area contributed by atoms with E-state index in [2.05, 4.69) is 11.4 Å². The molecule has 0 aromatic heterocycles. The van der Waals surface area contributed by atoms with Crippen molar-refractivity contribution in [1.29, 1.82) is 0 Å². The first-order valence-corrected chi connectivity index (χ1v) is 9.52. The maximum Gasteiger partial charge on any atom is 0.310 e. The SMILES string of the molecule is Cc1cc(C)cc(NC(=O)COC(=O)C2C3CC4CC(C3)CC2C4)c1. The van der Waals surface area contributed by atoms with Gasteiger partial charge < -0.3 is 10.1 Å². The molecule has 4 fully saturated rings. The summed E-state index contributed by atoms with van der Waals surface area (Å²) in [5.74, 6) is 2.27. The van der Waals surface area contributed by atoms with E-state index in [-0.39, 0.29) is 24.4 Å². The number of carbonyl (C=O) groups is 2. The summed E-state index contributed by atoms with van der Waals surface area (Å²) >= 11 is 0. The van der Waals surface area contributed by atoms with E-state index in [1.165, 1.54) is 32.1 Å². The highest BCUT2D eigenvalue weighted by molar-refractivity contribution is 5.93. The van der Waals surface area contributed by atoms with Crippen molar-refractivity contribution in [2.24, 2.45) is 29.6 Å². The van der Waals surface area contributed by atoms with Gasteiger partial charge >= 0.3 is 5.97 Å². The summed E-state index contributed by atoms with van der Waals surface area (Å²) < 4.78 is 5.41. The number of amides is 1. The number of anilines is 1. The minimum Gasteiger partial charge on any atom is -0.455 e. The molecule has 0 saturated heterocycles. The number of ether oxygens (including phenoxy) is 1. The quantitative estimate of drug-likeness (QED) is 0.846. The van der Waals surface area contributed by atoms with Crippen LogP contribution >= 0.6 is 0 Å². The Kier molecular flexibility index (Phi) is 4.30. The van der Waals surface area contributed by atoms with E-state index in [1.807, 2.05) is 26.0 Å². The van der Waals surface area contributed by atoms with Crippen LogP contribution in [0.15, 0.2) is 18.2 Å². The molecule has 0 heterocycles. The van der Waals surface area contributed by atoms with Crippen LogP contribution in [0.5, 0.6) is 0 Å². The van der Waals surface area contributed by atoms with Crippen molar-refractivity contribution in [3.8, 4) is 0 Å². The Morgan fingerprint density at radius 3 is 2.08 bits per heavy atom. The highest BCUT2D eigenvalue weighted by Gasteiger charge is 2.51. The molecule has 4 nitrogen and oxygen atoms in total. The van der Waals surface area contributed by atoms with Crippen LogP contribution in [0.4, 0.5) is 5.69 Å². The summed E-state index contributed by atoms with van der Waals surface area (Å²) in [7, 11) is 0. The first-order chi connectivity index (χ1) is 12.0. The molecule has 1 N–H and O–H groups in total. The molecule has 0 atom stereocenters. The fraction of sp³-hybridized carbons (Fsp3) is 0.619. The zero-order valence-electron chi connectivity index (χ0n) is 15.1. The van der Waals surface area contributed by atoms with Gasteiger partial charge in [-0.05, 0) is 92.9 Å². The van der Waals surface area contributed by atoms with Crippen LogP contribution in [0.1, 0.15) is 43.2 Å². The third-order valence-corrected chi connectivity index (χ3v) is 6.35. The summed E-state index contributed by atoms with van der Waals surface area (Å²) in [6.07, 6.45) is 6.10. The lowest BCUT2D eigenvalue weighted by atomic mass is 9.52. The van der Waals surface area contributed by atoms with Crippen LogP contribution < -0.4 is 5.32 Å².